The van der Waals surface area contributed by atoms with Crippen molar-refractivity contribution in [2.45, 2.75) is 27.7 Å². The minimum Gasteiger partial charge on any atom is -0.476 e. The Morgan fingerprint density at radius 1 is 1.14 bits per heavy atom. The minimum absolute atomic E-state index is 0.0204. The number of hydrogen-bond acceptors (Lipinski definition) is 4. The summed E-state index contributed by atoms with van der Waals surface area (Å²) < 4.78 is 0. The zero-order chi connectivity index (χ0) is 15.7. The van der Waals surface area contributed by atoms with E-state index < -0.39 is 5.97 Å². The molecule has 0 atom stereocenters. The van der Waals surface area contributed by atoms with E-state index in [2.05, 4.69) is 10.3 Å². The number of aromatic carboxylic acids is 1. The topological polar surface area (TPSA) is 79.3 Å². The van der Waals surface area contributed by atoms with Crippen molar-refractivity contribution in [2.75, 3.05) is 5.32 Å². The van der Waals surface area contributed by atoms with Crippen LogP contribution in [0, 0.1) is 27.7 Å². The quantitative estimate of drug-likeness (QED) is 0.911. The molecule has 1 amide bonds. The molecule has 0 fully saturated rings. The highest BCUT2D eigenvalue weighted by Crippen LogP contribution is 2.24. The molecule has 1 aromatic carbocycles. The lowest BCUT2D eigenvalue weighted by Gasteiger charge is -2.11. The highest BCUT2D eigenvalue weighted by atomic mass is 32.1. The summed E-state index contributed by atoms with van der Waals surface area (Å²) in [5.74, 6) is -1.36. The van der Waals surface area contributed by atoms with Gasteiger partial charge in [0, 0.05) is 10.4 Å². The van der Waals surface area contributed by atoms with E-state index in [1.54, 1.807) is 6.92 Å². The molecule has 0 bridgehead atoms. The van der Waals surface area contributed by atoms with Crippen LogP contribution in [0.1, 0.15) is 42.4 Å². The number of aromatic nitrogens is 1. The highest BCUT2D eigenvalue weighted by molar-refractivity contribution is 7.16. The molecule has 0 saturated carbocycles. The fraction of sp³-hybridized carbons (Fsp3) is 0.267. The minimum atomic E-state index is -1.09. The van der Waals surface area contributed by atoms with Crippen molar-refractivity contribution in [2.24, 2.45) is 0 Å². The first-order valence-corrected chi connectivity index (χ1v) is 7.21. The molecule has 0 aliphatic heterocycles. The lowest BCUT2D eigenvalue weighted by molar-refractivity contribution is 0.0690. The Labute approximate surface area is 126 Å². The van der Waals surface area contributed by atoms with E-state index >= 15 is 0 Å². The summed E-state index contributed by atoms with van der Waals surface area (Å²) in [6.45, 7) is 7.38. The van der Waals surface area contributed by atoms with Gasteiger partial charge in [-0.05, 0) is 44.4 Å². The second kappa shape index (κ2) is 5.65. The fourth-order valence-corrected chi connectivity index (χ4v) is 2.91. The molecule has 0 spiro atoms. The van der Waals surface area contributed by atoms with Gasteiger partial charge in [0.05, 0.1) is 0 Å². The normalized spacial score (nSPS) is 10.5. The number of amides is 1. The number of rotatable bonds is 3. The van der Waals surface area contributed by atoms with Gasteiger partial charge in [0.25, 0.3) is 5.91 Å². The van der Waals surface area contributed by atoms with Crippen LogP contribution in [0.15, 0.2) is 12.1 Å². The molecule has 0 aliphatic carbocycles. The van der Waals surface area contributed by atoms with Gasteiger partial charge in [-0.15, -0.1) is 11.3 Å². The van der Waals surface area contributed by atoms with Crippen LogP contribution in [0.25, 0.3) is 0 Å². The third kappa shape index (κ3) is 2.95. The maximum atomic E-state index is 12.4. The van der Waals surface area contributed by atoms with Crippen LogP contribution in [0.3, 0.4) is 0 Å². The van der Waals surface area contributed by atoms with Crippen LogP contribution in [0.4, 0.5) is 5.13 Å². The van der Waals surface area contributed by atoms with Crippen LogP contribution in [-0.2, 0) is 0 Å². The van der Waals surface area contributed by atoms with E-state index in [9.17, 15) is 9.59 Å². The van der Waals surface area contributed by atoms with Crippen molar-refractivity contribution >= 4 is 28.3 Å². The number of anilines is 1. The number of benzene rings is 1. The number of carboxylic acids is 1. The Balaban J connectivity index is 2.33. The van der Waals surface area contributed by atoms with Gasteiger partial charge in [-0.3, -0.25) is 10.1 Å². The van der Waals surface area contributed by atoms with Gasteiger partial charge in [0.1, 0.15) is 0 Å². The smallest absolute Gasteiger partial charge is 0.355 e. The number of carbonyl (C=O) groups is 2. The van der Waals surface area contributed by atoms with Gasteiger partial charge in [0.15, 0.2) is 10.8 Å². The lowest BCUT2D eigenvalue weighted by Crippen LogP contribution is -2.15. The number of aryl methyl sites for hydroxylation is 3. The molecule has 0 aliphatic rings. The summed E-state index contributed by atoms with van der Waals surface area (Å²) in [5.41, 5.74) is 3.42. The van der Waals surface area contributed by atoms with E-state index in [1.165, 1.54) is 0 Å². The molecule has 1 aromatic heterocycles. The third-order valence-electron chi connectivity index (χ3n) is 3.39. The summed E-state index contributed by atoms with van der Waals surface area (Å²) in [5, 5.41) is 12.0. The third-order valence-corrected chi connectivity index (χ3v) is 4.28. The monoisotopic (exact) mass is 304 g/mol. The molecule has 21 heavy (non-hydrogen) atoms. The number of nitrogens with one attached hydrogen (secondary N) is 1. The van der Waals surface area contributed by atoms with Gasteiger partial charge < -0.3 is 5.11 Å². The molecule has 1 heterocycles. The molecular weight excluding hydrogens is 288 g/mol. The Hall–Kier alpha value is -2.21. The molecular formula is C15H16N2O3S. The first kappa shape index (κ1) is 15.2. The molecule has 0 radical (unpaired) electrons. The van der Waals surface area contributed by atoms with Crippen molar-refractivity contribution in [3.63, 3.8) is 0 Å². The molecule has 110 valence electrons. The van der Waals surface area contributed by atoms with Crippen molar-refractivity contribution in [1.82, 2.24) is 4.98 Å². The van der Waals surface area contributed by atoms with E-state index in [-0.39, 0.29) is 11.6 Å². The number of thiazole rings is 1. The maximum absolute atomic E-state index is 12.4. The Morgan fingerprint density at radius 3 is 2.33 bits per heavy atom. The molecule has 5 nitrogen and oxygen atoms in total. The van der Waals surface area contributed by atoms with E-state index in [0.717, 1.165) is 28.0 Å². The molecule has 2 rings (SSSR count). The van der Waals surface area contributed by atoms with E-state index in [4.69, 9.17) is 5.11 Å². The van der Waals surface area contributed by atoms with Crippen molar-refractivity contribution < 1.29 is 14.7 Å². The van der Waals surface area contributed by atoms with Crippen LogP contribution >= 0.6 is 11.3 Å². The van der Waals surface area contributed by atoms with Gasteiger partial charge in [-0.2, -0.15) is 0 Å². The molecule has 2 N–H and O–H groups in total. The second-order valence-corrected chi connectivity index (χ2v) is 6.09. The molecule has 2 aromatic rings. The summed E-state index contributed by atoms with van der Waals surface area (Å²) in [6, 6.07) is 3.87. The SMILES string of the molecule is Cc1ccc(C)c(C(=O)Nc2nc(C(=O)O)c(C)s2)c1C. The largest absolute Gasteiger partial charge is 0.476 e. The average molecular weight is 304 g/mol. The van der Waals surface area contributed by atoms with Gasteiger partial charge >= 0.3 is 5.97 Å². The Morgan fingerprint density at radius 2 is 1.76 bits per heavy atom. The van der Waals surface area contributed by atoms with E-state index in [1.807, 2.05) is 32.9 Å². The highest BCUT2D eigenvalue weighted by Gasteiger charge is 2.18. The lowest BCUT2D eigenvalue weighted by atomic mass is 9.98. The van der Waals surface area contributed by atoms with Gasteiger partial charge in [0.2, 0.25) is 0 Å². The summed E-state index contributed by atoms with van der Waals surface area (Å²) in [4.78, 5) is 27.9. The van der Waals surface area contributed by atoms with Crippen LogP contribution in [0.5, 0.6) is 0 Å². The summed E-state index contributed by atoms with van der Waals surface area (Å²) in [7, 11) is 0. The zero-order valence-corrected chi connectivity index (χ0v) is 13.1. The standard InChI is InChI=1S/C15H16N2O3S/c1-7-5-6-8(2)11(9(7)3)13(18)17-15-16-12(14(19)20)10(4)21-15/h5-6H,1-4H3,(H,19,20)(H,16,17,18). The average Bonchev–Trinajstić information content (AvgIpc) is 2.75. The Kier molecular flexibility index (Phi) is 4.09. The van der Waals surface area contributed by atoms with Gasteiger partial charge in [-0.25, -0.2) is 9.78 Å². The maximum Gasteiger partial charge on any atom is 0.355 e. The van der Waals surface area contributed by atoms with E-state index in [0.29, 0.717) is 15.6 Å². The zero-order valence-electron chi connectivity index (χ0n) is 12.3. The molecule has 0 unspecified atom stereocenters. The molecule has 6 heteroatoms. The number of hydrogen-bond donors (Lipinski definition) is 2. The van der Waals surface area contributed by atoms with Crippen molar-refractivity contribution in [1.29, 1.82) is 0 Å². The predicted molar refractivity (Wildman–Crippen MR) is 82.4 cm³/mol. The van der Waals surface area contributed by atoms with Crippen LogP contribution in [-0.4, -0.2) is 22.0 Å². The first-order chi connectivity index (χ1) is 9.81. The summed E-state index contributed by atoms with van der Waals surface area (Å²) in [6.07, 6.45) is 0. The van der Waals surface area contributed by atoms with Crippen LogP contribution < -0.4 is 5.32 Å². The van der Waals surface area contributed by atoms with Gasteiger partial charge in [-0.1, -0.05) is 12.1 Å². The predicted octanol–water partition coefficient (Wildman–Crippen LogP) is 3.33. The number of carbonyl (C=O) groups excluding carboxylic acids is 1. The number of carboxylic acid groups (broad SMARTS) is 1. The van der Waals surface area contributed by atoms with Crippen molar-refractivity contribution in [3.8, 4) is 0 Å². The number of nitrogens with zero attached hydrogens (tertiary/aromatic N) is 1. The molecule has 0 saturated heterocycles. The van der Waals surface area contributed by atoms with Crippen LogP contribution in [0.2, 0.25) is 0 Å². The fourth-order valence-electron chi connectivity index (χ4n) is 2.11. The summed E-state index contributed by atoms with van der Waals surface area (Å²) >= 11 is 1.16. The first-order valence-electron chi connectivity index (χ1n) is 6.40. The second-order valence-electron chi connectivity index (χ2n) is 4.88. The van der Waals surface area contributed by atoms with Crippen molar-refractivity contribution in [3.05, 3.63) is 45.0 Å². The Bertz CT molecular complexity index is 735.